The number of halogens is 2. The number of carbonyl (C=O) groups is 1. The van der Waals surface area contributed by atoms with E-state index in [4.69, 9.17) is 0 Å². The second-order valence-electron chi connectivity index (χ2n) is 3.96. The van der Waals surface area contributed by atoms with Crippen LogP contribution in [0.3, 0.4) is 0 Å². The van der Waals surface area contributed by atoms with E-state index >= 15 is 0 Å². The fraction of sp³-hybridized carbons (Fsp3) is 0.417. The molecule has 8 heteroatoms. The SMILES string of the molecule is CCNC(=O)CCNc1ccc(S(=O)(=O)C(F)F)cc1. The summed E-state index contributed by atoms with van der Waals surface area (Å²) in [6.07, 6.45) is 0.269. The van der Waals surface area contributed by atoms with E-state index in [1.165, 1.54) is 12.1 Å². The zero-order valence-electron chi connectivity index (χ0n) is 10.9. The van der Waals surface area contributed by atoms with Crippen LogP contribution >= 0.6 is 0 Å². The lowest BCUT2D eigenvalue weighted by molar-refractivity contribution is -0.120. The van der Waals surface area contributed by atoms with Crippen molar-refractivity contribution in [3.05, 3.63) is 24.3 Å². The second-order valence-corrected chi connectivity index (χ2v) is 5.88. The molecule has 1 aromatic rings. The number of anilines is 1. The lowest BCUT2D eigenvalue weighted by atomic mass is 10.3. The van der Waals surface area contributed by atoms with Crippen LogP contribution in [0.25, 0.3) is 0 Å². The van der Waals surface area contributed by atoms with E-state index in [1.54, 1.807) is 0 Å². The summed E-state index contributed by atoms with van der Waals surface area (Å²) in [7, 11) is -4.56. The number of nitrogens with one attached hydrogen (secondary N) is 2. The highest BCUT2D eigenvalue weighted by atomic mass is 32.2. The van der Waals surface area contributed by atoms with Crippen LogP contribution in [0.4, 0.5) is 14.5 Å². The summed E-state index contributed by atoms with van der Waals surface area (Å²) in [6.45, 7) is 2.74. The van der Waals surface area contributed by atoms with Gasteiger partial charge in [-0.2, -0.15) is 8.78 Å². The maximum Gasteiger partial charge on any atom is 0.341 e. The molecule has 0 aromatic heterocycles. The third kappa shape index (κ3) is 4.44. The van der Waals surface area contributed by atoms with Crippen molar-refractivity contribution in [2.24, 2.45) is 0 Å². The molecule has 0 fully saturated rings. The van der Waals surface area contributed by atoms with Gasteiger partial charge in [0.25, 0.3) is 0 Å². The van der Waals surface area contributed by atoms with Crippen molar-refractivity contribution in [1.82, 2.24) is 5.32 Å². The van der Waals surface area contributed by atoms with Gasteiger partial charge in [-0.1, -0.05) is 0 Å². The molecule has 1 aromatic carbocycles. The van der Waals surface area contributed by atoms with Gasteiger partial charge in [0.2, 0.25) is 15.7 Å². The number of amides is 1. The maximum atomic E-state index is 12.3. The van der Waals surface area contributed by atoms with E-state index < -0.39 is 20.5 Å². The minimum Gasteiger partial charge on any atom is -0.385 e. The van der Waals surface area contributed by atoms with Crippen molar-refractivity contribution in [2.45, 2.75) is 24.0 Å². The summed E-state index contributed by atoms with van der Waals surface area (Å²) < 4.78 is 47.0. The van der Waals surface area contributed by atoms with Gasteiger partial charge in [-0.3, -0.25) is 4.79 Å². The third-order valence-corrected chi connectivity index (χ3v) is 3.87. The Labute approximate surface area is 116 Å². The van der Waals surface area contributed by atoms with Gasteiger partial charge in [0.15, 0.2) is 0 Å². The van der Waals surface area contributed by atoms with Gasteiger partial charge in [-0.25, -0.2) is 8.42 Å². The summed E-state index contributed by atoms with van der Waals surface area (Å²) >= 11 is 0. The van der Waals surface area contributed by atoms with E-state index in [1.807, 2.05) is 6.92 Å². The molecule has 0 atom stereocenters. The molecule has 0 saturated heterocycles. The first-order chi connectivity index (χ1) is 9.37. The summed E-state index contributed by atoms with van der Waals surface area (Å²) in [6, 6.07) is 4.98. The quantitative estimate of drug-likeness (QED) is 0.803. The predicted molar refractivity (Wildman–Crippen MR) is 71.4 cm³/mol. The first-order valence-corrected chi connectivity index (χ1v) is 7.55. The number of alkyl halides is 2. The molecule has 0 spiro atoms. The van der Waals surface area contributed by atoms with Gasteiger partial charge in [-0.15, -0.1) is 0 Å². The van der Waals surface area contributed by atoms with Crippen molar-refractivity contribution >= 4 is 21.4 Å². The Hall–Kier alpha value is -1.70. The van der Waals surface area contributed by atoms with E-state index in [0.717, 1.165) is 12.1 Å². The normalized spacial score (nSPS) is 11.4. The fourth-order valence-corrected chi connectivity index (χ4v) is 2.19. The molecule has 0 aliphatic heterocycles. The highest BCUT2D eigenvalue weighted by molar-refractivity contribution is 7.91. The van der Waals surface area contributed by atoms with Crippen LogP contribution in [0.1, 0.15) is 13.3 Å². The smallest absolute Gasteiger partial charge is 0.341 e. The molecule has 2 N–H and O–H groups in total. The average Bonchev–Trinajstić information content (AvgIpc) is 2.39. The fourth-order valence-electron chi connectivity index (χ4n) is 1.47. The molecule has 1 amide bonds. The number of rotatable bonds is 7. The average molecular weight is 306 g/mol. The van der Waals surface area contributed by atoms with Gasteiger partial charge < -0.3 is 10.6 Å². The van der Waals surface area contributed by atoms with E-state index in [2.05, 4.69) is 10.6 Å². The molecule has 0 heterocycles. The minimum atomic E-state index is -4.56. The molecule has 0 radical (unpaired) electrons. The zero-order chi connectivity index (χ0) is 15.2. The Balaban J connectivity index is 2.58. The molecule has 5 nitrogen and oxygen atoms in total. The number of hydrogen-bond donors (Lipinski definition) is 2. The lowest BCUT2D eigenvalue weighted by Crippen LogP contribution is -2.24. The van der Waals surface area contributed by atoms with Gasteiger partial charge >= 0.3 is 5.76 Å². The molecule has 1 rings (SSSR count). The monoisotopic (exact) mass is 306 g/mol. The molecule has 0 unspecified atom stereocenters. The van der Waals surface area contributed by atoms with Crippen LogP contribution in [-0.2, 0) is 14.6 Å². The van der Waals surface area contributed by atoms with Crippen molar-refractivity contribution in [3.8, 4) is 0 Å². The third-order valence-electron chi connectivity index (χ3n) is 2.47. The van der Waals surface area contributed by atoms with Gasteiger partial charge in [0.05, 0.1) is 4.90 Å². The van der Waals surface area contributed by atoms with Crippen LogP contribution in [0.2, 0.25) is 0 Å². The summed E-state index contributed by atoms with van der Waals surface area (Å²) in [4.78, 5) is 10.8. The summed E-state index contributed by atoms with van der Waals surface area (Å²) in [5, 5.41) is 5.53. The Morgan fingerprint density at radius 1 is 1.25 bits per heavy atom. The Bertz CT molecular complexity index is 544. The Morgan fingerprint density at radius 3 is 2.35 bits per heavy atom. The Kier molecular flexibility index (Phi) is 5.87. The van der Waals surface area contributed by atoms with Crippen molar-refractivity contribution in [2.75, 3.05) is 18.4 Å². The number of hydrogen-bond acceptors (Lipinski definition) is 4. The van der Waals surface area contributed by atoms with Gasteiger partial charge in [-0.05, 0) is 31.2 Å². The highest BCUT2D eigenvalue weighted by Crippen LogP contribution is 2.20. The van der Waals surface area contributed by atoms with Crippen molar-refractivity contribution in [1.29, 1.82) is 0 Å². The number of benzene rings is 1. The molecule has 0 bridgehead atoms. The molecule has 0 aliphatic carbocycles. The van der Waals surface area contributed by atoms with E-state index in [-0.39, 0.29) is 12.3 Å². The summed E-state index contributed by atoms with van der Waals surface area (Å²) in [5.41, 5.74) is 0.558. The molecule has 0 saturated carbocycles. The van der Waals surface area contributed by atoms with Gasteiger partial charge in [0, 0.05) is 25.2 Å². The molecule has 20 heavy (non-hydrogen) atoms. The van der Waals surface area contributed by atoms with Crippen LogP contribution in [0, 0.1) is 0 Å². The van der Waals surface area contributed by atoms with Crippen molar-refractivity contribution in [3.63, 3.8) is 0 Å². The minimum absolute atomic E-state index is 0.100. The standard InChI is InChI=1S/C12H16F2N2O3S/c1-2-15-11(17)7-8-16-9-3-5-10(6-4-9)20(18,19)12(13)14/h3-6,12,16H,2,7-8H2,1H3,(H,15,17). The first kappa shape index (κ1) is 16.4. The molecular weight excluding hydrogens is 290 g/mol. The van der Waals surface area contributed by atoms with E-state index in [0.29, 0.717) is 18.8 Å². The predicted octanol–water partition coefficient (Wildman–Crippen LogP) is 1.62. The molecule has 112 valence electrons. The van der Waals surface area contributed by atoms with Crippen LogP contribution < -0.4 is 10.6 Å². The highest BCUT2D eigenvalue weighted by Gasteiger charge is 2.26. The number of carbonyl (C=O) groups excluding carboxylic acids is 1. The summed E-state index contributed by atoms with van der Waals surface area (Å²) in [5.74, 6) is -3.53. The molecular formula is C12H16F2N2O3S. The van der Waals surface area contributed by atoms with Crippen molar-refractivity contribution < 1.29 is 22.0 Å². The Morgan fingerprint density at radius 2 is 1.85 bits per heavy atom. The van der Waals surface area contributed by atoms with Crippen LogP contribution in [-0.4, -0.2) is 33.2 Å². The molecule has 0 aliphatic rings. The number of sulfone groups is 1. The largest absolute Gasteiger partial charge is 0.385 e. The maximum absolute atomic E-state index is 12.3. The first-order valence-electron chi connectivity index (χ1n) is 6.00. The van der Waals surface area contributed by atoms with Crippen LogP contribution in [0.15, 0.2) is 29.2 Å². The zero-order valence-corrected chi connectivity index (χ0v) is 11.7. The van der Waals surface area contributed by atoms with Gasteiger partial charge in [0.1, 0.15) is 0 Å². The van der Waals surface area contributed by atoms with Crippen LogP contribution in [0.5, 0.6) is 0 Å². The second kappa shape index (κ2) is 7.18. The van der Waals surface area contributed by atoms with E-state index in [9.17, 15) is 22.0 Å². The lowest BCUT2D eigenvalue weighted by Gasteiger charge is -2.08. The topological polar surface area (TPSA) is 75.3 Å².